The van der Waals surface area contributed by atoms with E-state index in [0.717, 1.165) is 17.7 Å². The molecule has 2 heterocycles. The van der Waals surface area contributed by atoms with Crippen molar-refractivity contribution in [2.75, 3.05) is 5.32 Å². The first-order chi connectivity index (χ1) is 12.3. The third-order valence-corrected chi connectivity index (χ3v) is 4.37. The van der Waals surface area contributed by atoms with E-state index < -0.39 is 11.7 Å². The summed E-state index contributed by atoms with van der Waals surface area (Å²) in [6, 6.07) is 8.70. The van der Waals surface area contributed by atoms with E-state index in [1.165, 1.54) is 24.3 Å². The lowest BCUT2D eigenvalue weighted by molar-refractivity contribution is -0.137. The predicted octanol–water partition coefficient (Wildman–Crippen LogP) is 4.77. The molecule has 3 aromatic rings. The van der Waals surface area contributed by atoms with Crippen LogP contribution in [0.1, 0.15) is 23.1 Å². The molecule has 0 unspecified atom stereocenters. The smallest absolute Gasteiger partial charge is 0.311 e. The van der Waals surface area contributed by atoms with Crippen molar-refractivity contribution in [3.63, 3.8) is 0 Å². The van der Waals surface area contributed by atoms with Gasteiger partial charge in [-0.25, -0.2) is 9.97 Å². The molecule has 0 fully saturated rings. The van der Waals surface area contributed by atoms with Gasteiger partial charge in [0.25, 0.3) is 0 Å². The van der Waals surface area contributed by atoms with E-state index in [9.17, 15) is 18.0 Å². The summed E-state index contributed by atoms with van der Waals surface area (Å²) in [6.45, 7) is 1.40. The molecule has 26 heavy (non-hydrogen) atoms. The van der Waals surface area contributed by atoms with Crippen LogP contribution in [0.2, 0.25) is 0 Å². The first-order valence-corrected chi connectivity index (χ1v) is 8.54. The maximum atomic E-state index is 12.8. The van der Waals surface area contributed by atoms with Crippen molar-refractivity contribution >= 4 is 23.1 Å². The molecule has 0 saturated carbocycles. The number of carbonyl (C=O) groups excluding carboxylic acids is 1. The molecule has 0 spiro atoms. The SMILES string of the molecule is CC(=O)Nc1ccc(-c2csc(Cc3cccc(C(F)(F)F)c3)n2)cn1. The van der Waals surface area contributed by atoms with Gasteiger partial charge in [0.15, 0.2) is 0 Å². The zero-order chi connectivity index (χ0) is 18.7. The van der Waals surface area contributed by atoms with Gasteiger partial charge in [0.2, 0.25) is 5.91 Å². The first kappa shape index (κ1) is 18.1. The van der Waals surface area contributed by atoms with Gasteiger partial charge in [-0.1, -0.05) is 18.2 Å². The number of anilines is 1. The highest BCUT2D eigenvalue weighted by Gasteiger charge is 2.30. The molecule has 0 atom stereocenters. The number of rotatable bonds is 4. The summed E-state index contributed by atoms with van der Waals surface area (Å²) in [5.41, 5.74) is 1.36. The van der Waals surface area contributed by atoms with E-state index in [-0.39, 0.29) is 5.91 Å². The van der Waals surface area contributed by atoms with Crippen LogP contribution in [0, 0.1) is 0 Å². The number of nitrogens with one attached hydrogen (secondary N) is 1. The topological polar surface area (TPSA) is 54.9 Å². The average molecular weight is 377 g/mol. The number of hydrogen-bond acceptors (Lipinski definition) is 4. The van der Waals surface area contributed by atoms with E-state index in [0.29, 0.717) is 28.5 Å². The van der Waals surface area contributed by atoms with Crippen molar-refractivity contribution in [2.24, 2.45) is 0 Å². The van der Waals surface area contributed by atoms with Crippen LogP contribution >= 0.6 is 11.3 Å². The minimum atomic E-state index is -4.36. The van der Waals surface area contributed by atoms with Crippen LogP contribution < -0.4 is 5.32 Å². The molecule has 0 bridgehead atoms. The van der Waals surface area contributed by atoms with Crippen LogP contribution in [0.15, 0.2) is 48.0 Å². The van der Waals surface area contributed by atoms with Crippen molar-refractivity contribution in [3.8, 4) is 11.3 Å². The van der Waals surface area contributed by atoms with Gasteiger partial charge in [-0.05, 0) is 23.8 Å². The summed E-state index contributed by atoms with van der Waals surface area (Å²) in [7, 11) is 0. The van der Waals surface area contributed by atoms with Crippen molar-refractivity contribution in [1.29, 1.82) is 0 Å². The van der Waals surface area contributed by atoms with Crippen LogP contribution in [0.3, 0.4) is 0 Å². The number of nitrogens with zero attached hydrogens (tertiary/aromatic N) is 2. The fourth-order valence-corrected chi connectivity index (χ4v) is 3.19. The van der Waals surface area contributed by atoms with Gasteiger partial charge in [0, 0.05) is 30.5 Å². The van der Waals surface area contributed by atoms with Crippen LogP contribution in [0.25, 0.3) is 11.3 Å². The van der Waals surface area contributed by atoms with E-state index in [1.54, 1.807) is 24.4 Å². The fraction of sp³-hybridized carbons (Fsp3) is 0.167. The maximum absolute atomic E-state index is 12.8. The molecule has 0 aliphatic rings. The second kappa shape index (κ2) is 7.25. The molecular formula is C18H14F3N3OS. The Labute approximate surface area is 151 Å². The fourth-order valence-electron chi connectivity index (χ4n) is 2.36. The Morgan fingerprint density at radius 2 is 2.04 bits per heavy atom. The Bertz CT molecular complexity index is 920. The number of thiazole rings is 1. The van der Waals surface area contributed by atoms with Crippen LogP contribution in [-0.4, -0.2) is 15.9 Å². The van der Waals surface area contributed by atoms with Gasteiger partial charge in [0.05, 0.1) is 16.3 Å². The maximum Gasteiger partial charge on any atom is 0.416 e. The summed E-state index contributed by atoms with van der Waals surface area (Å²) < 4.78 is 38.4. The second-order valence-corrected chi connectivity index (χ2v) is 6.56. The predicted molar refractivity (Wildman–Crippen MR) is 93.9 cm³/mol. The minimum absolute atomic E-state index is 0.206. The van der Waals surface area contributed by atoms with Crippen molar-refractivity contribution in [3.05, 3.63) is 64.1 Å². The molecule has 8 heteroatoms. The Hall–Kier alpha value is -2.74. The first-order valence-electron chi connectivity index (χ1n) is 7.66. The van der Waals surface area contributed by atoms with Gasteiger partial charge in [-0.3, -0.25) is 4.79 Å². The van der Waals surface area contributed by atoms with E-state index in [4.69, 9.17) is 0 Å². The Morgan fingerprint density at radius 1 is 1.23 bits per heavy atom. The normalized spacial score (nSPS) is 11.4. The summed E-state index contributed by atoms with van der Waals surface area (Å²) >= 11 is 1.38. The van der Waals surface area contributed by atoms with Crippen LogP contribution in [0.4, 0.5) is 19.0 Å². The molecule has 2 aromatic heterocycles. The molecule has 3 rings (SSSR count). The summed E-state index contributed by atoms with van der Waals surface area (Å²) in [4.78, 5) is 19.6. The van der Waals surface area contributed by atoms with Gasteiger partial charge in [-0.15, -0.1) is 11.3 Å². The van der Waals surface area contributed by atoms with Crippen molar-refractivity contribution in [2.45, 2.75) is 19.5 Å². The number of benzene rings is 1. The lowest BCUT2D eigenvalue weighted by Gasteiger charge is -2.07. The van der Waals surface area contributed by atoms with E-state index in [2.05, 4.69) is 15.3 Å². The molecule has 4 nitrogen and oxygen atoms in total. The number of amides is 1. The van der Waals surface area contributed by atoms with Gasteiger partial charge in [0.1, 0.15) is 5.82 Å². The molecule has 1 aromatic carbocycles. The molecule has 1 amide bonds. The summed E-state index contributed by atoms with van der Waals surface area (Å²) in [5, 5.41) is 5.12. The minimum Gasteiger partial charge on any atom is -0.311 e. The summed E-state index contributed by atoms with van der Waals surface area (Å²) in [5.74, 6) is 0.239. The molecule has 0 saturated heterocycles. The van der Waals surface area contributed by atoms with Crippen LogP contribution in [-0.2, 0) is 17.4 Å². The average Bonchev–Trinajstić information content (AvgIpc) is 3.03. The lowest BCUT2D eigenvalue weighted by Crippen LogP contribution is -2.06. The monoisotopic (exact) mass is 377 g/mol. The standard InChI is InChI=1S/C18H14F3N3OS/c1-11(25)23-16-6-5-13(9-22-16)15-10-26-17(24-15)8-12-3-2-4-14(7-12)18(19,20)21/h2-7,9-10H,8H2,1H3,(H,22,23,25). The third kappa shape index (κ3) is 4.45. The second-order valence-electron chi connectivity index (χ2n) is 5.61. The number of halogens is 3. The highest BCUT2D eigenvalue weighted by Crippen LogP contribution is 2.30. The van der Waals surface area contributed by atoms with Crippen molar-refractivity contribution < 1.29 is 18.0 Å². The Balaban J connectivity index is 1.75. The number of carbonyl (C=O) groups is 1. The summed E-state index contributed by atoms with van der Waals surface area (Å²) in [6.07, 6.45) is -2.44. The van der Waals surface area contributed by atoms with E-state index >= 15 is 0 Å². The quantitative estimate of drug-likeness (QED) is 0.712. The highest BCUT2D eigenvalue weighted by molar-refractivity contribution is 7.10. The molecule has 134 valence electrons. The molecule has 0 aliphatic heterocycles. The largest absolute Gasteiger partial charge is 0.416 e. The van der Waals surface area contributed by atoms with Crippen molar-refractivity contribution in [1.82, 2.24) is 9.97 Å². The zero-order valence-corrected chi connectivity index (χ0v) is 14.5. The van der Waals surface area contributed by atoms with Gasteiger partial charge in [-0.2, -0.15) is 13.2 Å². The van der Waals surface area contributed by atoms with Gasteiger partial charge >= 0.3 is 6.18 Å². The Morgan fingerprint density at radius 3 is 2.69 bits per heavy atom. The Kier molecular flexibility index (Phi) is 5.03. The molecule has 0 radical (unpaired) electrons. The number of hydrogen-bond donors (Lipinski definition) is 1. The van der Waals surface area contributed by atoms with E-state index in [1.807, 2.05) is 5.38 Å². The zero-order valence-electron chi connectivity index (χ0n) is 13.7. The number of alkyl halides is 3. The highest BCUT2D eigenvalue weighted by atomic mass is 32.1. The molecule has 0 aliphatic carbocycles. The third-order valence-electron chi connectivity index (χ3n) is 3.52. The number of pyridine rings is 1. The molecular weight excluding hydrogens is 363 g/mol. The van der Waals surface area contributed by atoms with Crippen LogP contribution in [0.5, 0.6) is 0 Å². The van der Waals surface area contributed by atoms with Gasteiger partial charge < -0.3 is 5.32 Å². The lowest BCUT2D eigenvalue weighted by atomic mass is 10.1. The number of aromatic nitrogens is 2. The molecule has 1 N–H and O–H groups in total.